The smallest absolute Gasteiger partial charge is 0.343 e. The van der Waals surface area contributed by atoms with Gasteiger partial charge in [-0.1, -0.05) is 18.2 Å². The maximum atomic E-state index is 12.2. The highest BCUT2D eigenvalue weighted by molar-refractivity contribution is 5.99. The number of hydrogen-bond acceptors (Lipinski definition) is 7. The summed E-state index contributed by atoms with van der Waals surface area (Å²) in [6, 6.07) is 13.6. The Morgan fingerprint density at radius 2 is 1.97 bits per heavy atom. The molecule has 29 heavy (non-hydrogen) atoms. The van der Waals surface area contributed by atoms with E-state index in [1.807, 2.05) is 18.2 Å². The molecule has 0 N–H and O–H groups in total. The fourth-order valence-electron chi connectivity index (χ4n) is 3.17. The molecule has 0 aliphatic rings. The Morgan fingerprint density at radius 1 is 1.17 bits per heavy atom. The van der Waals surface area contributed by atoms with Crippen molar-refractivity contribution in [2.24, 2.45) is 0 Å². The first kappa shape index (κ1) is 18.4. The summed E-state index contributed by atoms with van der Waals surface area (Å²) in [5, 5.41) is 13.1. The number of ether oxygens (including phenoxy) is 2. The molecule has 8 heteroatoms. The Kier molecular flexibility index (Phi) is 4.59. The molecule has 0 saturated carbocycles. The summed E-state index contributed by atoms with van der Waals surface area (Å²) in [6.07, 6.45) is 0. The Hall–Kier alpha value is -3.94. The van der Waals surface area contributed by atoms with Gasteiger partial charge in [0.15, 0.2) is 0 Å². The monoisotopic (exact) mass is 392 g/mol. The van der Waals surface area contributed by atoms with Crippen LogP contribution in [0.3, 0.4) is 0 Å². The molecule has 0 fully saturated rings. The zero-order valence-electron chi connectivity index (χ0n) is 15.7. The van der Waals surface area contributed by atoms with E-state index in [1.165, 1.54) is 13.2 Å². The average Bonchev–Trinajstić information content (AvgIpc) is 3.16. The lowest BCUT2D eigenvalue weighted by atomic mass is 10.0. The summed E-state index contributed by atoms with van der Waals surface area (Å²) in [7, 11) is 1.37. The molecule has 0 unspecified atom stereocenters. The van der Waals surface area contributed by atoms with Crippen LogP contribution in [0.25, 0.3) is 33.2 Å². The first-order valence-electron chi connectivity index (χ1n) is 8.85. The topological polar surface area (TPSA) is 105 Å². The number of nitrogens with zero attached hydrogens (tertiary/aromatic N) is 2. The van der Waals surface area contributed by atoms with E-state index in [0.29, 0.717) is 27.8 Å². The van der Waals surface area contributed by atoms with Crippen LogP contribution in [-0.2, 0) is 4.74 Å². The minimum atomic E-state index is -0.581. The molecule has 0 aliphatic carbocycles. The van der Waals surface area contributed by atoms with Crippen molar-refractivity contribution in [1.82, 2.24) is 4.98 Å². The minimum Gasteiger partial charge on any atom is -0.480 e. The minimum absolute atomic E-state index is 0.0433. The van der Waals surface area contributed by atoms with E-state index in [0.717, 1.165) is 5.39 Å². The summed E-state index contributed by atoms with van der Waals surface area (Å²) in [4.78, 5) is 27.7. The second kappa shape index (κ2) is 7.23. The average molecular weight is 392 g/mol. The lowest BCUT2D eigenvalue weighted by molar-refractivity contribution is -0.384. The lowest BCUT2D eigenvalue weighted by Gasteiger charge is -2.09. The maximum Gasteiger partial charge on any atom is 0.343 e. The molecule has 0 amide bonds. The van der Waals surface area contributed by atoms with Crippen molar-refractivity contribution in [3.63, 3.8) is 0 Å². The van der Waals surface area contributed by atoms with Gasteiger partial charge in [-0.25, -0.2) is 9.78 Å². The van der Waals surface area contributed by atoms with Gasteiger partial charge in [0.25, 0.3) is 5.69 Å². The van der Waals surface area contributed by atoms with Crippen molar-refractivity contribution in [3.8, 4) is 17.2 Å². The molecule has 0 bridgehead atoms. The molecule has 2 aromatic heterocycles. The number of fused-ring (bicyclic) bond motifs is 2. The summed E-state index contributed by atoms with van der Waals surface area (Å²) in [5.41, 5.74) is 1.22. The van der Waals surface area contributed by atoms with Gasteiger partial charge in [0, 0.05) is 16.8 Å². The molecule has 8 nitrogen and oxygen atoms in total. The van der Waals surface area contributed by atoms with Crippen LogP contribution in [0, 0.1) is 10.1 Å². The number of nitro benzene ring substituents is 1. The van der Waals surface area contributed by atoms with Crippen LogP contribution in [0.4, 0.5) is 5.69 Å². The molecular formula is C21H16N2O6. The van der Waals surface area contributed by atoms with Gasteiger partial charge in [0.1, 0.15) is 16.9 Å². The molecular weight excluding hydrogens is 376 g/mol. The van der Waals surface area contributed by atoms with E-state index in [2.05, 4.69) is 4.98 Å². The molecule has 146 valence electrons. The predicted molar refractivity (Wildman–Crippen MR) is 106 cm³/mol. The quantitative estimate of drug-likeness (QED) is 0.274. The zero-order chi connectivity index (χ0) is 20.5. The first-order valence-corrected chi connectivity index (χ1v) is 8.85. The van der Waals surface area contributed by atoms with E-state index in [4.69, 9.17) is 13.9 Å². The van der Waals surface area contributed by atoms with E-state index >= 15 is 0 Å². The van der Waals surface area contributed by atoms with Crippen molar-refractivity contribution in [2.75, 3.05) is 13.7 Å². The SMILES string of the molecule is CCOC(=O)c1cc2cc(-c3cc4ccccc4o3)c([N+](=O)[O-])cc2nc1OC. The molecule has 0 saturated heterocycles. The molecule has 0 radical (unpaired) electrons. The Labute approximate surface area is 164 Å². The number of pyridine rings is 1. The van der Waals surface area contributed by atoms with Crippen molar-refractivity contribution < 1.29 is 23.6 Å². The largest absolute Gasteiger partial charge is 0.480 e. The summed E-state index contributed by atoms with van der Waals surface area (Å²) in [6.45, 7) is 1.90. The highest BCUT2D eigenvalue weighted by Crippen LogP contribution is 2.37. The van der Waals surface area contributed by atoms with Gasteiger partial charge in [-0.3, -0.25) is 10.1 Å². The molecule has 0 atom stereocenters. The molecule has 0 aliphatic heterocycles. The number of carbonyl (C=O) groups is 1. The molecule has 4 aromatic rings. The molecule has 4 rings (SSSR count). The van der Waals surface area contributed by atoms with Gasteiger partial charge < -0.3 is 13.9 Å². The van der Waals surface area contributed by atoms with Crippen LogP contribution < -0.4 is 4.74 Å². The van der Waals surface area contributed by atoms with Crippen LogP contribution in [0.15, 0.2) is 52.9 Å². The lowest BCUT2D eigenvalue weighted by Crippen LogP contribution is -2.08. The normalized spacial score (nSPS) is 11.0. The van der Waals surface area contributed by atoms with Crippen LogP contribution in [0.1, 0.15) is 17.3 Å². The predicted octanol–water partition coefficient (Wildman–Crippen LogP) is 4.74. The fourth-order valence-corrected chi connectivity index (χ4v) is 3.17. The number of esters is 1. The number of para-hydroxylation sites is 1. The Bertz CT molecular complexity index is 1230. The van der Waals surface area contributed by atoms with Gasteiger partial charge >= 0.3 is 5.97 Å². The maximum absolute atomic E-state index is 12.2. The third-order valence-corrected chi connectivity index (χ3v) is 4.47. The van der Waals surface area contributed by atoms with Crippen LogP contribution in [-0.4, -0.2) is 29.6 Å². The highest BCUT2D eigenvalue weighted by atomic mass is 16.6. The van der Waals surface area contributed by atoms with E-state index in [-0.39, 0.29) is 23.7 Å². The number of hydrogen-bond donors (Lipinski definition) is 0. The number of aromatic nitrogens is 1. The molecule has 2 heterocycles. The number of methoxy groups -OCH3 is 1. The number of rotatable bonds is 5. The Morgan fingerprint density at radius 3 is 2.66 bits per heavy atom. The van der Waals surface area contributed by atoms with Crippen LogP contribution in [0.2, 0.25) is 0 Å². The molecule has 2 aromatic carbocycles. The zero-order valence-corrected chi connectivity index (χ0v) is 15.7. The van der Waals surface area contributed by atoms with Crippen molar-refractivity contribution in [2.45, 2.75) is 6.92 Å². The summed E-state index contributed by atoms with van der Waals surface area (Å²) < 4.78 is 16.0. The second-order valence-electron chi connectivity index (χ2n) is 6.23. The third-order valence-electron chi connectivity index (χ3n) is 4.47. The van der Waals surface area contributed by atoms with Gasteiger partial charge in [-0.05, 0) is 31.2 Å². The third kappa shape index (κ3) is 3.25. The fraction of sp³-hybridized carbons (Fsp3) is 0.143. The van der Waals surface area contributed by atoms with Gasteiger partial charge in [-0.15, -0.1) is 0 Å². The standard InChI is InChI=1S/C21H16N2O6/c1-3-28-21(24)15-9-13-8-14(19-10-12-6-4-5-7-18(12)29-19)17(23(25)26)11-16(13)22-20(15)27-2/h4-11H,3H2,1-2H3. The summed E-state index contributed by atoms with van der Waals surface area (Å²) in [5.74, 6) is -0.183. The van der Waals surface area contributed by atoms with Crippen LogP contribution in [0.5, 0.6) is 5.88 Å². The second-order valence-corrected chi connectivity index (χ2v) is 6.23. The number of furan rings is 1. The van der Waals surface area contributed by atoms with Gasteiger partial charge in [-0.2, -0.15) is 0 Å². The van der Waals surface area contributed by atoms with Crippen molar-refractivity contribution in [3.05, 3.63) is 64.2 Å². The molecule has 0 spiro atoms. The van der Waals surface area contributed by atoms with E-state index in [9.17, 15) is 14.9 Å². The number of benzene rings is 2. The van der Waals surface area contributed by atoms with E-state index in [1.54, 1.807) is 31.2 Å². The van der Waals surface area contributed by atoms with Gasteiger partial charge in [0.2, 0.25) is 5.88 Å². The van der Waals surface area contributed by atoms with Crippen molar-refractivity contribution >= 4 is 33.5 Å². The first-order chi connectivity index (χ1) is 14.0. The van der Waals surface area contributed by atoms with Crippen LogP contribution >= 0.6 is 0 Å². The number of carbonyl (C=O) groups excluding carboxylic acids is 1. The number of nitro groups is 1. The Balaban J connectivity index is 1.96. The van der Waals surface area contributed by atoms with Crippen molar-refractivity contribution in [1.29, 1.82) is 0 Å². The van der Waals surface area contributed by atoms with Gasteiger partial charge in [0.05, 0.1) is 29.7 Å². The highest BCUT2D eigenvalue weighted by Gasteiger charge is 2.23. The summed E-state index contributed by atoms with van der Waals surface area (Å²) >= 11 is 0. The van der Waals surface area contributed by atoms with E-state index < -0.39 is 10.9 Å².